The third-order valence-corrected chi connectivity index (χ3v) is 4.66. The van der Waals surface area contributed by atoms with Gasteiger partial charge in [-0.25, -0.2) is 9.78 Å². The maximum atomic E-state index is 11.9. The average molecular weight is 305 g/mol. The number of hydrogen-bond acceptors (Lipinski definition) is 4. The minimum Gasteiger partial charge on any atom is -0.376 e. The summed E-state index contributed by atoms with van der Waals surface area (Å²) < 4.78 is 6.71. The molecular weight excluding hydrogens is 286 g/mol. The molecule has 0 aliphatic carbocycles. The number of fused-ring (bicyclic) bond motifs is 1. The topological polar surface area (TPSA) is 63.2 Å². The summed E-state index contributed by atoms with van der Waals surface area (Å²) in [6, 6.07) is 7.84. The quantitative estimate of drug-likeness (QED) is 0.913. The molecule has 112 valence electrons. The lowest BCUT2D eigenvalue weighted by Crippen LogP contribution is -2.45. The molecule has 1 aliphatic rings. The second-order valence-corrected chi connectivity index (χ2v) is 6.36. The normalized spacial score (nSPS) is 19.6. The van der Waals surface area contributed by atoms with Crippen molar-refractivity contribution in [3.63, 3.8) is 0 Å². The molecule has 1 saturated heterocycles. The van der Waals surface area contributed by atoms with Crippen LogP contribution in [0.5, 0.6) is 0 Å². The molecule has 2 N–H and O–H groups in total. The van der Waals surface area contributed by atoms with Crippen LogP contribution in [0.3, 0.4) is 0 Å². The van der Waals surface area contributed by atoms with E-state index in [1.54, 1.807) is 11.3 Å². The van der Waals surface area contributed by atoms with Gasteiger partial charge in [0.25, 0.3) is 0 Å². The van der Waals surface area contributed by atoms with E-state index in [1.165, 1.54) is 0 Å². The lowest BCUT2D eigenvalue weighted by atomic mass is 10.1. The summed E-state index contributed by atoms with van der Waals surface area (Å²) >= 11 is 1.61. The third-order valence-electron chi connectivity index (χ3n) is 3.62. The van der Waals surface area contributed by atoms with E-state index in [2.05, 4.69) is 15.6 Å². The van der Waals surface area contributed by atoms with E-state index in [0.717, 1.165) is 34.7 Å². The number of para-hydroxylation sites is 1. The maximum Gasteiger partial charge on any atom is 0.315 e. The van der Waals surface area contributed by atoms with E-state index in [1.807, 2.05) is 31.2 Å². The second-order valence-electron chi connectivity index (χ2n) is 5.24. The van der Waals surface area contributed by atoms with Crippen molar-refractivity contribution in [2.75, 3.05) is 6.61 Å². The maximum absolute atomic E-state index is 11.9. The summed E-state index contributed by atoms with van der Waals surface area (Å²) in [4.78, 5) is 16.4. The van der Waals surface area contributed by atoms with Crippen LogP contribution in [0.1, 0.15) is 24.8 Å². The van der Waals surface area contributed by atoms with Crippen LogP contribution in [-0.2, 0) is 11.3 Å². The number of nitrogens with one attached hydrogen (secondary N) is 2. The number of carbonyl (C=O) groups is 1. The number of amides is 2. The van der Waals surface area contributed by atoms with Crippen molar-refractivity contribution in [1.29, 1.82) is 0 Å². The molecule has 2 atom stereocenters. The molecule has 0 radical (unpaired) electrons. The van der Waals surface area contributed by atoms with Gasteiger partial charge in [-0.3, -0.25) is 0 Å². The fourth-order valence-corrected chi connectivity index (χ4v) is 3.41. The second kappa shape index (κ2) is 6.41. The van der Waals surface area contributed by atoms with Crippen molar-refractivity contribution in [2.45, 2.75) is 38.5 Å². The highest BCUT2D eigenvalue weighted by molar-refractivity contribution is 7.18. The Morgan fingerprint density at radius 3 is 3.14 bits per heavy atom. The molecule has 0 saturated carbocycles. The molecule has 1 aromatic carbocycles. The SMILES string of the molecule is C[C@H](NC(=O)NCc1nc2ccccc2s1)[C@H]1CCCO1. The van der Waals surface area contributed by atoms with E-state index in [0.29, 0.717) is 6.54 Å². The Hall–Kier alpha value is -1.66. The van der Waals surface area contributed by atoms with Crippen LogP contribution in [0, 0.1) is 0 Å². The molecule has 0 unspecified atom stereocenters. The molecule has 21 heavy (non-hydrogen) atoms. The van der Waals surface area contributed by atoms with Crippen LogP contribution >= 0.6 is 11.3 Å². The van der Waals surface area contributed by atoms with Gasteiger partial charge in [-0.05, 0) is 31.9 Å². The molecule has 0 bridgehead atoms. The number of ether oxygens (including phenoxy) is 1. The van der Waals surface area contributed by atoms with E-state index >= 15 is 0 Å². The number of hydrogen-bond donors (Lipinski definition) is 2. The summed E-state index contributed by atoms with van der Waals surface area (Å²) in [5.41, 5.74) is 0.979. The highest BCUT2D eigenvalue weighted by atomic mass is 32.1. The van der Waals surface area contributed by atoms with Gasteiger partial charge in [0.05, 0.1) is 28.9 Å². The van der Waals surface area contributed by atoms with Gasteiger partial charge in [0.2, 0.25) is 0 Å². The predicted octanol–water partition coefficient (Wildman–Crippen LogP) is 2.66. The van der Waals surface area contributed by atoms with Crippen molar-refractivity contribution in [3.8, 4) is 0 Å². The molecule has 0 spiro atoms. The summed E-state index contributed by atoms with van der Waals surface area (Å²) in [6.07, 6.45) is 2.22. The first kappa shape index (κ1) is 14.3. The van der Waals surface area contributed by atoms with Crippen LogP contribution in [0.25, 0.3) is 10.2 Å². The molecule has 1 fully saturated rings. The molecule has 5 nitrogen and oxygen atoms in total. The summed E-state index contributed by atoms with van der Waals surface area (Å²) in [6.45, 7) is 3.22. The van der Waals surface area contributed by atoms with E-state index in [9.17, 15) is 4.79 Å². The number of benzene rings is 1. The Balaban J connectivity index is 1.50. The van der Waals surface area contributed by atoms with Crippen LogP contribution < -0.4 is 10.6 Å². The molecule has 2 amide bonds. The van der Waals surface area contributed by atoms with Crippen molar-refractivity contribution >= 4 is 27.6 Å². The number of thiazole rings is 1. The van der Waals surface area contributed by atoms with E-state index < -0.39 is 0 Å². The van der Waals surface area contributed by atoms with Crippen LogP contribution in [0.4, 0.5) is 4.79 Å². The van der Waals surface area contributed by atoms with Gasteiger partial charge in [0.15, 0.2) is 0 Å². The number of carbonyl (C=O) groups excluding carboxylic acids is 1. The smallest absolute Gasteiger partial charge is 0.315 e. The van der Waals surface area contributed by atoms with Crippen LogP contribution in [-0.4, -0.2) is 29.8 Å². The predicted molar refractivity (Wildman–Crippen MR) is 83.4 cm³/mol. The third kappa shape index (κ3) is 3.51. The first-order valence-corrected chi connectivity index (χ1v) is 8.04. The highest BCUT2D eigenvalue weighted by Crippen LogP contribution is 2.21. The van der Waals surface area contributed by atoms with Crippen LogP contribution in [0.2, 0.25) is 0 Å². The lowest BCUT2D eigenvalue weighted by Gasteiger charge is -2.19. The Morgan fingerprint density at radius 1 is 1.52 bits per heavy atom. The molecular formula is C15H19N3O2S. The van der Waals surface area contributed by atoms with Gasteiger partial charge in [-0.2, -0.15) is 0 Å². The first-order chi connectivity index (χ1) is 10.2. The molecule has 2 aromatic rings. The number of aromatic nitrogens is 1. The zero-order chi connectivity index (χ0) is 14.7. The highest BCUT2D eigenvalue weighted by Gasteiger charge is 2.23. The van der Waals surface area contributed by atoms with Gasteiger partial charge in [-0.1, -0.05) is 12.1 Å². The van der Waals surface area contributed by atoms with Gasteiger partial charge in [-0.15, -0.1) is 11.3 Å². The van der Waals surface area contributed by atoms with Crippen molar-refractivity contribution in [2.24, 2.45) is 0 Å². The Morgan fingerprint density at radius 2 is 2.38 bits per heavy atom. The minimum absolute atomic E-state index is 0.0304. The fourth-order valence-electron chi connectivity index (χ4n) is 2.50. The van der Waals surface area contributed by atoms with Crippen LogP contribution in [0.15, 0.2) is 24.3 Å². The van der Waals surface area contributed by atoms with Gasteiger partial charge in [0.1, 0.15) is 5.01 Å². The Bertz CT molecular complexity index is 589. The lowest BCUT2D eigenvalue weighted by molar-refractivity contribution is 0.0860. The number of urea groups is 1. The molecule has 1 aliphatic heterocycles. The van der Waals surface area contributed by atoms with Crippen molar-refractivity contribution in [3.05, 3.63) is 29.3 Å². The van der Waals surface area contributed by atoms with E-state index in [-0.39, 0.29) is 18.2 Å². The molecule has 3 rings (SSSR count). The van der Waals surface area contributed by atoms with Gasteiger partial charge < -0.3 is 15.4 Å². The van der Waals surface area contributed by atoms with Gasteiger partial charge in [0, 0.05) is 6.61 Å². The average Bonchev–Trinajstić information content (AvgIpc) is 3.14. The minimum atomic E-state index is -0.169. The molecule has 1 aromatic heterocycles. The van der Waals surface area contributed by atoms with Gasteiger partial charge >= 0.3 is 6.03 Å². The number of rotatable bonds is 4. The fraction of sp³-hybridized carbons (Fsp3) is 0.467. The Labute approximate surface area is 127 Å². The van der Waals surface area contributed by atoms with E-state index in [4.69, 9.17) is 4.74 Å². The van der Waals surface area contributed by atoms with Crippen molar-refractivity contribution in [1.82, 2.24) is 15.6 Å². The Kier molecular flexibility index (Phi) is 4.36. The molecule has 2 heterocycles. The monoisotopic (exact) mass is 305 g/mol. The number of nitrogens with zero attached hydrogens (tertiary/aromatic N) is 1. The zero-order valence-corrected chi connectivity index (χ0v) is 12.8. The molecule has 6 heteroatoms. The summed E-state index contributed by atoms with van der Waals surface area (Å²) in [7, 11) is 0. The summed E-state index contributed by atoms with van der Waals surface area (Å²) in [5.74, 6) is 0. The largest absolute Gasteiger partial charge is 0.376 e. The zero-order valence-electron chi connectivity index (χ0n) is 12.0. The van der Waals surface area contributed by atoms with Crippen molar-refractivity contribution < 1.29 is 9.53 Å². The standard InChI is InChI=1S/C15H19N3O2S/c1-10(12-6-4-8-20-12)17-15(19)16-9-14-18-11-5-2-3-7-13(11)21-14/h2-3,5,7,10,12H,4,6,8-9H2,1H3,(H2,16,17,19)/t10-,12+/m0/s1. The first-order valence-electron chi connectivity index (χ1n) is 7.23. The summed E-state index contributed by atoms with van der Waals surface area (Å²) in [5, 5.41) is 6.70.